The Bertz CT molecular complexity index is 488. The summed E-state index contributed by atoms with van der Waals surface area (Å²) in [6, 6.07) is 5.98. The third kappa shape index (κ3) is 4.62. The number of non-ortho nitro benzene ring substituents is 1. The van der Waals surface area contributed by atoms with E-state index in [1.807, 2.05) is 20.8 Å². The Hall–Kier alpha value is -1.95. The summed E-state index contributed by atoms with van der Waals surface area (Å²) in [4.78, 5) is 22.1. The molecule has 6 heteroatoms. The molecule has 0 aromatic heterocycles. The van der Waals surface area contributed by atoms with Crippen molar-refractivity contribution in [1.29, 1.82) is 0 Å². The summed E-state index contributed by atoms with van der Waals surface area (Å²) in [5, 5.41) is 16.7. The largest absolute Gasteiger partial charge is 0.353 e. The minimum absolute atomic E-state index is 0.0513. The summed E-state index contributed by atoms with van der Waals surface area (Å²) in [7, 11) is 0. The lowest BCUT2D eigenvalue weighted by Gasteiger charge is -2.21. The molecule has 0 aliphatic carbocycles. The molecule has 2 atom stereocenters. The quantitative estimate of drug-likeness (QED) is 0.617. The first-order chi connectivity index (χ1) is 9.31. The Balaban J connectivity index is 2.71. The summed E-state index contributed by atoms with van der Waals surface area (Å²) in [6.07, 6.45) is 0. The second kappa shape index (κ2) is 7.00. The molecule has 2 N–H and O–H groups in total. The van der Waals surface area contributed by atoms with E-state index in [2.05, 4.69) is 10.6 Å². The third-order valence-corrected chi connectivity index (χ3v) is 2.91. The highest BCUT2D eigenvalue weighted by molar-refractivity contribution is 5.81. The average molecular weight is 279 g/mol. The van der Waals surface area contributed by atoms with Gasteiger partial charge >= 0.3 is 0 Å². The summed E-state index contributed by atoms with van der Waals surface area (Å²) in [6.45, 7) is 7.44. The predicted octanol–water partition coefficient (Wildman–Crippen LogP) is 2.16. The van der Waals surface area contributed by atoms with E-state index in [4.69, 9.17) is 0 Å². The second-order valence-corrected chi connectivity index (χ2v) is 5.13. The Kier molecular flexibility index (Phi) is 5.64. The van der Waals surface area contributed by atoms with Crippen LogP contribution in [0.4, 0.5) is 5.69 Å². The SMILES string of the molecule is CC(C)NC(=O)C(C)NC(C)c1cccc([N+](=O)[O-])c1. The van der Waals surface area contributed by atoms with Gasteiger partial charge in [-0.15, -0.1) is 0 Å². The second-order valence-electron chi connectivity index (χ2n) is 5.13. The van der Waals surface area contributed by atoms with Crippen molar-refractivity contribution in [3.8, 4) is 0 Å². The van der Waals surface area contributed by atoms with Crippen molar-refractivity contribution in [2.75, 3.05) is 0 Å². The standard InChI is InChI=1S/C14H21N3O3/c1-9(2)15-14(18)11(4)16-10(3)12-6-5-7-13(8-12)17(19)20/h5-11,16H,1-4H3,(H,15,18). The van der Waals surface area contributed by atoms with Crippen LogP contribution in [0.25, 0.3) is 0 Å². The van der Waals surface area contributed by atoms with Gasteiger partial charge in [0.2, 0.25) is 5.91 Å². The molecular formula is C14H21N3O3. The van der Waals surface area contributed by atoms with Crippen LogP contribution in [0.1, 0.15) is 39.3 Å². The summed E-state index contributed by atoms with van der Waals surface area (Å²) < 4.78 is 0. The minimum atomic E-state index is -0.425. The van der Waals surface area contributed by atoms with Gasteiger partial charge in [-0.05, 0) is 33.3 Å². The molecule has 0 heterocycles. The number of hydrogen-bond donors (Lipinski definition) is 2. The normalized spacial score (nSPS) is 13.8. The maximum Gasteiger partial charge on any atom is 0.269 e. The van der Waals surface area contributed by atoms with E-state index in [0.29, 0.717) is 0 Å². The highest BCUT2D eigenvalue weighted by atomic mass is 16.6. The zero-order valence-corrected chi connectivity index (χ0v) is 12.2. The molecule has 110 valence electrons. The number of benzene rings is 1. The van der Waals surface area contributed by atoms with Gasteiger partial charge in [0, 0.05) is 24.2 Å². The van der Waals surface area contributed by atoms with Gasteiger partial charge in [-0.3, -0.25) is 20.2 Å². The number of rotatable bonds is 6. The van der Waals surface area contributed by atoms with E-state index >= 15 is 0 Å². The predicted molar refractivity (Wildman–Crippen MR) is 77.4 cm³/mol. The number of amides is 1. The number of hydrogen-bond acceptors (Lipinski definition) is 4. The molecule has 0 saturated heterocycles. The zero-order chi connectivity index (χ0) is 15.3. The lowest BCUT2D eigenvalue weighted by Crippen LogP contribution is -2.45. The smallest absolute Gasteiger partial charge is 0.269 e. The van der Waals surface area contributed by atoms with Crippen LogP contribution in [0, 0.1) is 10.1 Å². The van der Waals surface area contributed by atoms with E-state index < -0.39 is 4.92 Å². The number of nitro groups is 1. The first-order valence-electron chi connectivity index (χ1n) is 6.62. The van der Waals surface area contributed by atoms with Crippen LogP contribution >= 0.6 is 0 Å². The lowest BCUT2D eigenvalue weighted by molar-refractivity contribution is -0.384. The monoisotopic (exact) mass is 279 g/mol. The van der Waals surface area contributed by atoms with Gasteiger partial charge in [-0.2, -0.15) is 0 Å². The number of carbonyl (C=O) groups is 1. The fourth-order valence-corrected chi connectivity index (χ4v) is 1.86. The van der Waals surface area contributed by atoms with Gasteiger partial charge in [-0.25, -0.2) is 0 Å². The Morgan fingerprint density at radius 3 is 2.45 bits per heavy atom. The zero-order valence-electron chi connectivity index (χ0n) is 12.2. The minimum Gasteiger partial charge on any atom is -0.353 e. The van der Waals surface area contributed by atoms with E-state index in [1.54, 1.807) is 19.1 Å². The highest BCUT2D eigenvalue weighted by Gasteiger charge is 2.18. The fraction of sp³-hybridized carbons (Fsp3) is 0.500. The Labute approximate surface area is 118 Å². The van der Waals surface area contributed by atoms with Crippen LogP contribution in [-0.4, -0.2) is 22.9 Å². The molecule has 1 amide bonds. The van der Waals surface area contributed by atoms with Crippen molar-refractivity contribution >= 4 is 11.6 Å². The van der Waals surface area contributed by atoms with Crippen LogP contribution < -0.4 is 10.6 Å². The molecule has 1 aromatic rings. The molecule has 2 unspecified atom stereocenters. The van der Waals surface area contributed by atoms with E-state index in [1.165, 1.54) is 12.1 Å². The molecule has 0 fully saturated rings. The average Bonchev–Trinajstić information content (AvgIpc) is 2.37. The molecule has 1 aromatic carbocycles. The van der Waals surface area contributed by atoms with Gasteiger partial charge < -0.3 is 5.32 Å². The molecule has 0 bridgehead atoms. The van der Waals surface area contributed by atoms with Crippen molar-refractivity contribution in [3.63, 3.8) is 0 Å². The number of carbonyl (C=O) groups excluding carboxylic acids is 1. The maximum atomic E-state index is 11.8. The van der Waals surface area contributed by atoms with Gasteiger partial charge in [0.25, 0.3) is 5.69 Å². The summed E-state index contributed by atoms with van der Waals surface area (Å²) >= 11 is 0. The summed E-state index contributed by atoms with van der Waals surface area (Å²) in [5.74, 6) is -0.0859. The molecule has 20 heavy (non-hydrogen) atoms. The van der Waals surface area contributed by atoms with Crippen molar-refractivity contribution in [2.45, 2.75) is 45.8 Å². The summed E-state index contributed by atoms with van der Waals surface area (Å²) in [5.41, 5.74) is 0.832. The third-order valence-electron chi connectivity index (χ3n) is 2.91. The van der Waals surface area contributed by atoms with Crippen LogP contribution in [0.3, 0.4) is 0 Å². The Morgan fingerprint density at radius 1 is 1.25 bits per heavy atom. The van der Waals surface area contributed by atoms with Crippen molar-refractivity contribution in [2.24, 2.45) is 0 Å². The van der Waals surface area contributed by atoms with Crippen LogP contribution in [0.15, 0.2) is 24.3 Å². The van der Waals surface area contributed by atoms with Crippen molar-refractivity contribution < 1.29 is 9.72 Å². The van der Waals surface area contributed by atoms with Crippen molar-refractivity contribution in [3.05, 3.63) is 39.9 Å². The van der Waals surface area contributed by atoms with Crippen LogP contribution in [-0.2, 0) is 4.79 Å². The molecule has 0 spiro atoms. The molecule has 1 rings (SSSR count). The van der Waals surface area contributed by atoms with Crippen molar-refractivity contribution in [1.82, 2.24) is 10.6 Å². The van der Waals surface area contributed by atoms with Gasteiger partial charge in [-0.1, -0.05) is 12.1 Å². The topological polar surface area (TPSA) is 84.3 Å². The van der Waals surface area contributed by atoms with Gasteiger partial charge in [0.1, 0.15) is 0 Å². The number of nitrogens with one attached hydrogen (secondary N) is 2. The molecule has 0 saturated carbocycles. The van der Waals surface area contributed by atoms with E-state index in [-0.39, 0.29) is 29.7 Å². The molecule has 6 nitrogen and oxygen atoms in total. The molecule has 0 aliphatic heterocycles. The van der Waals surface area contributed by atoms with E-state index in [9.17, 15) is 14.9 Å². The Morgan fingerprint density at radius 2 is 1.90 bits per heavy atom. The first kappa shape index (κ1) is 16.1. The van der Waals surface area contributed by atoms with Crippen LogP contribution in [0.2, 0.25) is 0 Å². The van der Waals surface area contributed by atoms with E-state index in [0.717, 1.165) is 5.56 Å². The fourth-order valence-electron chi connectivity index (χ4n) is 1.86. The highest BCUT2D eigenvalue weighted by Crippen LogP contribution is 2.19. The molecule has 0 aliphatic rings. The number of nitrogens with zero attached hydrogens (tertiary/aromatic N) is 1. The maximum absolute atomic E-state index is 11.8. The molecule has 0 radical (unpaired) electrons. The van der Waals surface area contributed by atoms with Crippen LogP contribution in [0.5, 0.6) is 0 Å². The molecular weight excluding hydrogens is 258 g/mol. The van der Waals surface area contributed by atoms with Gasteiger partial charge in [0.15, 0.2) is 0 Å². The first-order valence-corrected chi connectivity index (χ1v) is 6.62. The number of nitro benzene ring substituents is 1. The van der Waals surface area contributed by atoms with Gasteiger partial charge in [0.05, 0.1) is 11.0 Å². The lowest BCUT2D eigenvalue weighted by atomic mass is 10.1.